The molecule has 0 saturated carbocycles. The number of rotatable bonds is 5. The Morgan fingerprint density at radius 3 is 2.61 bits per heavy atom. The summed E-state index contributed by atoms with van der Waals surface area (Å²) in [4.78, 5) is 23.6. The number of esters is 1. The van der Waals surface area contributed by atoms with Crippen LogP contribution in [-0.4, -0.2) is 18.5 Å². The van der Waals surface area contributed by atoms with Gasteiger partial charge in [0, 0.05) is 5.69 Å². The molecule has 1 N–H and O–H groups in total. The summed E-state index contributed by atoms with van der Waals surface area (Å²) < 4.78 is 5.02. The maximum absolute atomic E-state index is 11.9. The smallest absolute Gasteiger partial charge is 0.310 e. The van der Waals surface area contributed by atoms with Gasteiger partial charge in [-0.15, -0.1) is 0 Å². The summed E-state index contributed by atoms with van der Waals surface area (Å²) >= 11 is 0. The van der Waals surface area contributed by atoms with Crippen LogP contribution in [0.25, 0.3) is 0 Å². The Labute approximate surface area is 135 Å². The van der Waals surface area contributed by atoms with E-state index in [2.05, 4.69) is 11.4 Å². The number of carbonyl (C=O) groups excluding carboxylic acids is 2. The molecule has 0 unspecified atom stereocenters. The van der Waals surface area contributed by atoms with Gasteiger partial charge in [-0.1, -0.05) is 36.4 Å². The first-order valence-corrected chi connectivity index (χ1v) is 7.82. The number of hydrogen-bond acceptors (Lipinski definition) is 3. The van der Waals surface area contributed by atoms with Crippen molar-refractivity contribution in [2.45, 2.75) is 25.7 Å². The minimum atomic E-state index is -0.402. The SMILES string of the molecule is O=C(COC(=O)Cc1ccccc1)Nc1ccc2c(c1)CCC2. The van der Waals surface area contributed by atoms with E-state index in [1.165, 1.54) is 17.5 Å². The number of carbonyl (C=O) groups is 2. The predicted molar refractivity (Wildman–Crippen MR) is 88.2 cm³/mol. The molecule has 3 rings (SSSR count). The summed E-state index contributed by atoms with van der Waals surface area (Å²) in [5, 5.41) is 2.77. The van der Waals surface area contributed by atoms with Gasteiger partial charge < -0.3 is 10.1 Å². The lowest BCUT2D eigenvalue weighted by Crippen LogP contribution is -2.21. The molecule has 1 aliphatic rings. The van der Waals surface area contributed by atoms with Gasteiger partial charge in [-0.2, -0.15) is 0 Å². The van der Waals surface area contributed by atoms with Gasteiger partial charge in [-0.25, -0.2) is 0 Å². The van der Waals surface area contributed by atoms with Crippen LogP contribution in [0.3, 0.4) is 0 Å². The quantitative estimate of drug-likeness (QED) is 0.864. The molecule has 23 heavy (non-hydrogen) atoms. The number of fused-ring (bicyclic) bond motifs is 1. The van der Waals surface area contributed by atoms with Crippen LogP contribution in [0.4, 0.5) is 5.69 Å². The summed E-state index contributed by atoms with van der Waals surface area (Å²) in [5.41, 5.74) is 4.28. The summed E-state index contributed by atoms with van der Waals surface area (Å²) in [7, 11) is 0. The molecule has 4 heteroatoms. The van der Waals surface area contributed by atoms with Gasteiger partial charge in [0.2, 0.25) is 0 Å². The highest BCUT2D eigenvalue weighted by molar-refractivity contribution is 5.93. The number of amides is 1. The van der Waals surface area contributed by atoms with Crippen LogP contribution in [0.2, 0.25) is 0 Å². The van der Waals surface area contributed by atoms with E-state index >= 15 is 0 Å². The molecule has 0 aliphatic heterocycles. The Bertz CT molecular complexity index is 710. The normalized spacial score (nSPS) is 12.5. The van der Waals surface area contributed by atoms with Crippen LogP contribution in [0.15, 0.2) is 48.5 Å². The van der Waals surface area contributed by atoms with Crippen molar-refractivity contribution in [3.05, 3.63) is 65.2 Å². The molecule has 0 fully saturated rings. The maximum Gasteiger partial charge on any atom is 0.310 e. The Morgan fingerprint density at radius 2 is 1.78 bits per heavy atom. The fourth-order valence-electron chi connectivity index (χ4n) is 2.81. The van der Waals surface area contributed by atoms with E-state index in [-0.39, 0.29) is 18.9 Å². The molecule has 0 heterocycles. The molecule has 1 amide bonds. The Kier molecular flexibility index (Phi) is 4.71. The van der Waals surface area contributed by atoms with Crippen LogP contribution in [0.1, 0.15) is 23.1 Å². The first-order valence-electron chi connectivity index (χ1n) is 7.82. The first-order chi connectivity index (χ1) is 11.2. The fourth-order valence-corrected chi connectivity index (χ4v) is 2.81. The monoisotopic (exact) mass is 309 g/mol. The van der Waals surface area contributed by atoms with Gasteiger partial charge in [0.05, 0.1) is 6.42 Å². The number of ether oxygens (including phenoxy) is 1. The second-order valence-corrected chi connectivity index (χ2v) is 5.71. The van der Waals surface area contributed by atoms with Gasteiger partial charge in [0.1, 0.15) is 0 Å². The van der Waals surface area contributed by atoms with Crippen LogP contribution in [0.5, 0.6) is 0 Å². The van der Waals surface area contributed by atoms with Crippen molar-refractivity contribution >= 4 is 17.6 Å². The number of benzene rings is 2. The van der Waals surface area contributed by atoms with Gasteiger partial charge in [-0.05, 0) is 48.1 Å². The molecule has 2 aromatic rings. The summed E-state index contributed by atoms with van der Waals surface area (Å²) in [6.45, 7) is -0.261. The van der Waals surface area contributed by atoms with Crippen molar-refractivity contribution in [2.24, 2.45) is 0 Å². The van der Waals surface area contributed by atoms with Crippen LogP contribution in [-0.2, 0) is 33.6 Å². The average Bonchev–Trinajstić information content (AvgIpc) is 3.01. The number of anilines is 1. The van der Waals surface area contributed by atoms with Crippen LogP contribution >= 0.6 is 0 Å². The standard InChI is InChI=1S/C19H19NO3/c21-18(13-23-19(22)11-14-5-2-1-3-6-14)20-17-10-9-15-7-4-8-16(15)12-17/h1-3,5-6,9-10,12H,4,7-8,11,13H2,(H,20,21). The minimum absolute atomic E-state index is 0.174. The van der Waals surface area contributed by atoms with Crippen molar-refractivity contribution < 1.29 is 14.3 Å². The summed E-state index contributed by atoms with van der Waals surface area (Å²) in [5.74, 6) is -0.718. The topological polar surface area (TPSA) is 55.4 Å². The lowest BCUT2D eigenvalue weighted by molar-refractivity contribution is -0.146. The molecule has 0 atom stereocenters. The minimum Gasteiger partial charge on any atom is -0.455 e. The van der Waals surface area contributed by atoms with Crippen molar-refractivity contribution in [1.29, 1.82) is 0 Å². The molecule has 0 spiro atoms. The predicted octanol–water partition coefficient (Wildman–Crippen LogP) is 2.90. The fraction of sp³-hybridized carbons (Fsp3) is 0.263. The van der Waals surface area contributed by atoms with E-state index in [4.69, 9.17) is 4.74 Å². The number of hydrogen-bond donors (Lipinski definition) is 1. The van der Waals surface area contributed by atoms with E-state index < -0.39 is 5.97 Å². The molecular weight excluding hydrogens is 290 g/mol. The third-order valence-electron chi connectivity index (χ3n) is 3.94. The molecular formula is C19H19NO3. The zero-order valence-corrected chi connectivity index (χ0v) is 12.9. The van der Waals surface area contributed by atoms with Gasteiger partial charge in [0.15, 0.2) is 6.61 Å². The van der Waals surface area contributed by atoms with E-state index in [0.717, 1.165) is 24.1 Å². The van der Waals surface area contributed by atoms with Crippen LogP contribution < -0.4 is 5.32 Å². The lowest BCUT2D eigenvalue weighted by atomic mass is 10.1. The largest absolute Gasteiger partial charge is 0.455 e. The Hall–Kier alpha value is -2.62. The molecule has 1 aliphatic carbocycles. The second kappa shape index (κ2) is 7.09. The van der Waals surface area contributed by atoms with Crippen molar-refractivity contribution in [3.63, 3.8) is 0 Å². The maximum atomic E-state index is 11.9. The zero-order chi connectivity index (χ0) is 16.1. The zero-order valence-electron chi connectivity index (χ0n) is 12.9. The Balaban J connectivity index is 1.47. The number of aryl methyl sites for hydroxylation is 2. The van der Waals surface area contributed by atoms with E-state index in [0.29, 0.717) is 0 Å². The lowest BCUT2D eigenvalue weighted by Gasteiger charge is -2.08. The van der Waals surface area contributed by atoms with Crippen molar-refractivity contribution in [3.8, 4) is 0 Å². The average molecular weight is 309 g/mol. The molecule has 2 aromatic carbocycles. The highest BCUT2D eigenvalue weighted by atomic mass is 16.5. The first kappa shape index (κ1) is 15.3. The van der Waals surface area contributed by atoms with E-state index in [1.807, 2.05) is 42.5 Å². The summed E-state index contributed by atoms with van der Waals surface area (Å²) in [6.07, 6.45) is 3.52. The molecule has 118 valence electrons. The number of nitrogens with one attached hydrogen (secondary N) is 1. The molecule has 0 saturated heterocycles. The van der Waals surface area contributed by atoms with Gasteiger partial charge in [0.25, 0.3) is 5.91 Å². The third-order valence-corrected chi connectivity index (χ3v) is 3.94. The van der Waals surface area contributed by atoms with Gasteiger partial charge in [-0.3, -0.25) is 9.59 Å². The van der Waals surface area contributed by atoms with Crippen molar-refractivity contribution in [1.82, 2.24) is 0 Å². The Morgan fingerprint density at radius 1 is 1.00 bits per heavy atom. The van der Waals surface area contributed by atoms with E-state index in [1.54, 1.807) is 0 Å². The van der Waals surface area contributed by atoms with E-state index in [9.17, 15) is 9.59 Å². The molecule has 4 nitrogen and oxygen atoms in total. The molecule has 0 bridgehead atoms. The molecule has 0 aromatic heterocycles. The highest BCUT2D eigenvalue weighted by Gasteiger charge is 2.13. The summed E-state index contributed by atoms with van der Waals surface area (Å²) in [6, 6.07) is 15.3. The van der Waals surface area contributed by atoms with Gasteiger partial charge >= 0.3 is 5.97 Å². The van der Waals surface area contributed by atoms with Crippen molar-refractivity contribution in [2.75, 3.05) is 11.9 Å². The molecule has 0 radical (unpaired) electrons. The third kappa shape index (κ3) is 4.19. The second-order valence-electron chi connectivity index (χ2n) is 5.71. The van der Waals surface area contributed by atoms with Crippen LogP contribution in [0, 0.1) is 0 Å². The highest BCUT2D eigenvalue weighted by Crippen LogP contribution is 2.24.